The number of rotatable bonds is 5. The van der Waals surface area contributed by atoms with Crippen LogP contribution in [0.3, 0.4) is 0 Å². The molecule has 0 bridgehead atoms. The molecule has 6 nitrogen and oxygen atoms in total. The van der Waals surface area contributed by atoms with E-state index in [2.05, 4.69) is 9.84 Å². The first-order valence-corrected chi connectivity index (χ1v) is 5.29. The van der Waals surface area contributed by atoms with Crippen molar-refractivity contribution >= 4 is 11.9 Å². The molecule has 1 rings (SSSR count). The van der Waals surface area contributed by atoms with E-state index in [-0.39, 0.29) is 12.3 Å². The van der Waals surface area contributed by atoms with Crippen LogP contribution in [-0.4, -0.2) is 39.6 Å². The maximum Gasteiger partial charge on any atom is 0.390 e. The summed E-state index contributed by atoms with van der Waals surface area (Å²) < 4.78 is 41.5. The summed E-state index contributed by atoms with van der Waals surface area (Å²) in [6.07, 6.45) is -5.68. The third kappa shape index (κ3) is 4.27. The van der Waals surface area contributed by atoms with Crippen molar-refractivity contribution in [3.05, 3.63) is 17.5 Å². The first kappa shape index (κ1) is 15.0. The van der Waals surface area contributed by atoms with Gasteiger partial charge in [-0.05, 0) is 6.92 Å². The van der Waals surface area contributed by atoms with E-state index in [1.807, 2.05) is 0 Å². The van der Waals surface area contributed by atoms with Gasteiger partial charge in [0.1, 0.15) is 5.69 Å². The minimum Gasteiger partial charge on any atom is -0.477 e. The number of alkyl halides is 3. The van der Waals surface area contributed by atoms with Crippen molar-refractivity contribution in [3.63, 3.8) is 0 Å². The zero-order valence-corrected chi connectivity index (χ0v) is 9.90. The van der Waals surface area contributed by atoms with Crippen molar-refractivity contribution in [2.24, 2.45) is 0 Å². The van der Waals surface area contributed by atoms with Gasteiger partial charge >= 0.3 is 18.1 Å². The first-order valence-electron chi connectivity index (χ1n) is 5.29. The lowest BCUT2D eigenvalue weighted by molar-refractivity contribution is -0.137. The Balaban J connectivity index is 2.95. The van der Waals surface area contributed by atoms with Crippen LogP contribution >= 0.6 is 0 Å². The van der Waals surface area contributed by atoms with Gasteiger partial charge in [-0.3, -0.25) is 4.68 Å². The maximum atomic E-state index is 12.1. The van der Waals surface area contributed by atoms with Crippen molar-refractivity contribution in [3.8, 4) is 0 Å². The number of aromatic carboxylic acids is 1. The molecule has 0 aliphatic heterocycles. The number of hydrogen-bond acceptors (Lipinski definition) is 4. The van der Waals surface area contributed by atoms with Crippen molar-refractivity contribution in [2.75, 3.05) is 6.61 Å². The third-order valence-corrected chi connectivity index (χ3v) is 2.09. The molecule has 1 aromatic heterocycles. The second-order valence-electron chi connectivity index (χ2n) is 3.53. The van der Waals surface area contributed by atoms with Gasteiger partial charge in [0.25, 0.3) is 0 Å². The molecule has 1 heterocycles. The number of aryl methyl sites for hydroxylation is 1. The zero-order chi connectivity index (χ0) is 14.6. The number of aromatic nitrogens is 2. The quantitative estimate of drug-likeness (QED) is 0.830. The Bertz CT molecular complexity index is 482. The van der Waals surface area contributed by atoms with Gasteiger partial charge in [0.2, 0.25) is 0 Å². The zero-order valence-electron chi connectivity index (χ0n) is 9.90. The summed E-state index contributed by atoms with van der Waals surface area (Å²) in [7, 11) is 0. The van der Waals surface area contributed by atoms with E-state index in [1.165, 1.54) is 6.92 Å². The summed E-state index contributed by atoms with van der Waals surface area (Å²) in [5.74, 6) is -2.35. The van der Waals surface area contributed by atoms with Crippen LogP contribution in [0.25, 0.3) is 0 Å². The fourth-order valence-corrected chi connectivity index (χ4v) is 1.30. The average Bonchev–Trinajstić information content (AvgIpc) is 2.70. The Morgan fingerprint density at radius 2 is 2.11 bits per heavy atom. The Morgan fingerprint density at radius 3 is 2.58 bits per heavy atom. The highest BCUT2D eigenvalue weighted by Gasteiger charge is 2.28. The van der Waals surface area contributed by atoms with Crippen molar-refractivity contribution in [1.29, 1.82) is 0 Å². The lowest BCUT2D eigenvalue weighted by Gasteiger charge is -2.07. The highest BCUT2D eigenvalue weighted by atomic mass is 19.4. The Labute approximate surface area is 105 Å². The SMILES string of the molecule is CCOC(=O)c1cc(C(=O)O)n(CCC(F)(F)F)n1. The largest absolute Gasteiger partial charge is 0.477 e. The van der Waals surface area contributed by atoms with Crippen LogP contribution in [-0.2, 0) is 11.3 Å². The minimum atomic E-state index is -4.44. The second-order valence-corrected chi connectivity index (χ2v) is 3.53. The molecule has 0 spiro atoms. The number of ether oxygens (including phenoxy) is 1. The molecule has 0 aromatic carbocycles. The molecular weight excluding hydrogens is 269 g/mol. The summed E-state index contributed by atoms with van der Waals surface area (Å²) in [5.41, 5.74) is -0.825. The van der Waals surface area contributed by atoms with E-state index < -0.39 is 36.8 Å². The van der Waals surface area contributed by atoms with E-state index in [0.29, 0.717) is 4.68 Å². The average molecular weight is 280 g/mol. The maximum absolute atomic E-state index is 12.1. The number of carbonyl (C=O) groups is 2. The second kappa shape index (κ2) is 5.72. The number of carbonyl (C=O) groups excluding carboxylic acids is 1. The van der Waals surface area contributed by atoms with Gasteiger partial charge in [0.15, 0.2) is 5.69 Å². The molecule has 0 radical (unpaired) electrons. The van der Waals surface area contributed by atoms with Gasteiger partial charge in [0, 0.05) is 6.07 Å². The molecule has 0 amide bonds. The Kier molecular flexibility index (Phi) is 4.52. The van der Waals surface area contributed by atoms with Crippen LogP contribution < -0.4 is 0 Å². The highest BCUT2D eigenvalue weighted by Crippen LogP contribution is 2.21. The van der Waals surface area contributed by atoms with Crippen LogP contribution in [0.5, 0.6) is 0 Å². The number of carboxylic acid groups (broad SMARTS) is 1. The predicted molar refractivity (Wildman–Crippen MR) is 55.8 cm³/mol. The fraction of sp³-hybridized carbons (Fsp3) is 0.500. The lowest BCUT2D eigenvalue weighted by atomic mass is 10.3. The van der Waals surface area contributed by atoms with E-state index >= 15 is 0 Å². The standard InChI is InChI=1S/C10H11F3N2O4/c1-2-19-9(18)6-5-7(8(16)17)15(14-6)4-3-10(11,12)13/h5H,2-4H2,1H3,(H,16,17). The predicted octanol–water partition coefficient (Wildman–Crippen LogP) is 1.71. The molecule has 0 saturated heterocycles. The Morgan fingerprint density at radius 1 is 1.47 bits per heavy atom. The van der Waals surface area contributed by atoms with Crippen LogP contribution in [0.4, 0.5) is 13.2 Å². The van der Waals surface area contributed by atoms with Crippen LogP contribution in [0.1, 0.15) is 34.3 Å². The number of carboxylic acids is 1. The van der Waals surface area contributed by atoms with E-state index in [4.69, 9.17) is 5.11 Å². The van der Waals surface area contributed by atoms with Crippen molar-refractivity contribution in [2.45, 2.75) is 26.1 Å². The molecule has 0 unspecified atom stereocenters. The highest BCUT2D eigenvalue weighted by molar-refractivity contribution is 5.92. The Hall–Kier alpha value is -2.06. The smallest absolute Gasteiger partial charge is 0.390 e. The number of esters is 1. The first-order chi connectivity index (χ1) is 8.74. The topological polar surface area (TPSA) is 81.4 Å². The molecule has 9 heteroatoms. The van der Waals surface area contributed by atoms with E-state index in [0.717, 1.165) is 6.07 Å². The molecule has 0 atom stereocenters. The van der Waals surface area contributed by atoms with Gasteiger partial charge in [0.05, 0.1) is 19.6 Å². The summed E-state index contributed by atoms with van der Waals surface area (Å²) >= 11 is 0. The molecule has 1 aromatic rings. The molecule has 0 saturated carbocycles. The van der Waals surface area contributed by atoms with Crippen molar-refractivity contribution < 1.29 is 32.6 Å². The molecule has 0 aliphatic rings. The monoisotopic (exact) mass is 280 g/mol. The van der Waals surface area contributed by atoms with Crippen LogP contribution in [0.15, 0.2) is 6.07 Å². The van der Waals surface area contributed by atoms with Gasteiger partial charge in [-0.15, -0.1) is 0 Å². The van der Waals surface area contributed by atoms with E-state index in [1.54, 1.807) is 0 Å². The van der Waals surface area contributed by atoms with E-state index in [9.17, 15) is 22.8 Å². The summed E-state index contributed by atoms with van der Waals surface area (Å²) in [6, 6.07) is 0.886. The minimum absolute atomic E-state index is 0.0522. The van der Waals surface area contributed by atoms with Crippen LogP contribution in [0.2, 0.25) is 0 Å². The normalized spacial score (nSPS) is 11.4. The molecular formula is C10H11F3N2O4. The number of hydrogen-bond donors (Lipinski definition) is 1. The molecule has 106 valence electrons. The molecule has 1 N–H and O–H groups in total. The fourth-order valence-electron chi connectivity index (χ4n) is 1.30. The summed E-state index contributed by atoms with van der Waals surface area (Å²) in [6.45, 7) is 0.915. The molecule has 19 heavy (non-hydrogen) atoms. The van der Waals surface area contributed by atoms with Gasteiger partial charge in [-0.1, -0.05) is 0 Å². The molecule has 0 aliphatic carbocycles. The summed E-state index contributed by atoms with van der Waals surface area (Å²) in [5, 5.41) is 12.3. The summed E-state index contributed by atoms with van der Waals surface area (Å²) in [4.78, 5) is 22.2. The van der Waals surface area contributed by atoms with Gasteiger partial charge in [-0.2, -0.15) is 18.3 Å². The van der Waals surface area contributed by atoms with Crippen LogP contribution in [0, 0.1) is 0 Å². The number of halogens is 3. The third-order valence-electron chi connectivity index (χ3n) is 2.09. The molecule has 0 fully saturated rings. The van der Waals surface area contributed by atoms with Gasteiger partial charge in [-0.25, -0.2) is 9.59 Å². The number of nitrogens with zero attached hydrogens (tertiary/aromatic N) is 2. The van der Waals surface area contributed by atoms with Crippen molar-refractivity contribution in [1.82, 2.24) is 9.78 Å². The lowest BCUT2D eigenvalue weighted by Crippen LogP contribution is -2.17. The van der Waals surface area contributed by atoms with Gasteiger partial charge < -0.3 is 9.84 Å².